The van der Waals surface area contributed by atoms with Gasteiger partial charge in [-0.2, -0.15) is 0 Å². The number of hydrazone groups is 1. The third-order valence-electron chi connectivity index (χ3n) is 5.74. The van der Waals surface area contributed by atoms with Crippen LogP contribution in [0.3, 0.4) is 0 Å². The number of hydrogen-bond acceptors (Lipinski definition) is 6. The molecule has 188 valence electrons. The Morgan fingerprint density at radius 3 is 2.22 bits per heavy atom. The van der Waals surface area contributed by atoms with Gasteiger partial charge < -0.3 is 14.4 Å². The molecule has 0 aromatic heterocycles. The molecule has 1 heterocycles. The molecule has 1 aliphatic heterocycles. The van der Waals surface area contributed by atoms with Crippen molar-refractivity contribution in [3.8, 4) is 5.75 Å². The Labute approximate surface area is 222 Å². The van der Waals surface area contributed by atoms with Crippen molar-refractivity contribution in [3.63, 3.8) is 0 Å². The first kappa shape index (κ1) is 25.9. The zero-order valence-corrected chi connectivity index (χ0v) is 22.3. The average Bonchev–Trinajstić information content (AvgIpc) is 3.26. The molecule has 0 N–H and O–H groups in total. The minimum absolute atomic E-state index is 0.189. The minimum atomic E-state index is -0.475. The molecule has 1 aliphatic rings. The van der Waals surface area contributed by atoms with Gasteiger partial charge in [-0.1, -0.05) is 65.7 Å². The number of nitrogens with zero attached hydrogens (tertiary/aromatic N) is 3. The second kappa shape index (κ2) is 10.8. The molecule has 0 saturated heterocycles. The number of rotatable bonds is 7. The maximum atomic E-state index is 13.0. The SMILES string of the molecule is CCOC(=O)C1=NN(c2ccccc2)[C@@H](c2ccccc2OCc2c(Cl)cccc2Cl)N1C(C)(C)C. The van der Waals surface area contributed by atoms with Gasteiger partial charge in [0.1, 0.15) is 12.4 Å². The Balaban J connectivity index is 1.80. The van der Waals surface area contributed by atoms with Crippen LogP contribution in [0.25, 0.3) is 0 Å². The number of carbonyl (C=O) groups is 1. The van der Waals surface area contributed by atoms with Crippen LogP contribution in [0.5, 0.6) is 5.75 Å². The molecule has 8 heteroatoms. The molecule has 3 aromatic carbocycles. The van der Waals surface area contributed by atoms with Crippen LogP contribution < -0.4 is 9.75 Å². The summed E-state index contributed by atoms with van der Waals surface area (Å²) < 4.78 is 11.7. The first-order valence-electron chi connectivity index (χ1n) is 11.8. The van der Waals surface area contributed by atoms with Gasteiger partial charge in [0.2, 0.25) is 5.84 Å². The number of esters is 1. The number of carbonyl (C=O) groups excluding carboxylic acids is 1. The van der Waals surface area contributed by atoms with Gasteiger partial charge in [-0.3, -0.25) is 0 Å². The predicted octanol–water partition coefficient (Wildman–Crippen LogP) is 7.07. The summed E-state index contributed by atoms with van der Waals surface area (Å²) in [6, 6.07) is 22.8. The van der Waals surface area contributed by atoms with Crippen LogP contribution in [-0.2, 0) is 16.1 Å². The van der Waals surface area contributed by atoms with Gasteiger partial charge in [0, 0.05) is 26.7 Å². The number of para-hydroxylation sites is 2. The van der Waals surface area contributed by atoms with E-state index in [1.165, 1.54) is 0 Å². The molecule has 1 atom stereocenters. The van der Waals surface area contributed by atoms with Gasteiger partial charge in [-0.15, -0.1) is 5.10 Å². The highest BCUT2D eigenvalue weighted by atomic mass is 35.5. The van der Waals surface area contributed by atoms with Crippen LogP contribution in [0.4, 0.5) is 5.69 Å². The summed E-state index contributed by atoms with van der Waals surface area (Å²) in [5.74, 6) is 0.397. The van der Waals surface area contributed by atoms with E-state index in [9.17, 15) is 4.79 Å². The third kappa shape index (κ3) is 5.30. The number of hydrogen-bond donors (Lipinski definition) is 0. The summed E-state index contributed by atoms with van der Waals surface area (Å²) in [5.41, 5.74) is 1.90. The van der Waals surface area contributed by atoms with E-state index in [0.717, 1.165) is 11.3 Å². The van der Waals surface area contributed by atoms with Crippen LogP contribution in [0, 0.1) is 0 Å². The monoisotopic (exact) mass is 525 g/mol. The zero-order valence-electron chi connectivity index (χ0n) is 20.7. The van der Waals surface area contributed by atoms with E-state index in [4.69, 9.17) is 37.8 Å². The lowest BCUT2D eigenvalue weighted by Gasteiger charge is -2.41. The molecular formula is C28H29Cl2N3O3. The van der Waals surface area contributed by atoms with E-state index in [2.05, 4.69) is 0 Å². The number of halogens is 2. The number of benzene rings is 3. The van der Waals surface area contributed by atoms with Crippen LogP contribution >= 0.6 is 23.2 Å². The van der Waals surface area contributed by atoms with E-state index in [1.807, 2.05) is 85.3 Å². The highest BCUT2D eigenvalue weighted by molar-refractivity contribution is 6.36. The van der Waals surface area contributed by atoms with Crippen molar-refractivity contribution in [2.75, 3.05) is 11.6 Å². The lowest BCUT2D eigenvalue weighted by molar-refractivity contribution is -0.136. The summed E-state index contributed by atoms with van der Waals surface area (Å²) in [6.07, 6.45) is -0.468. The molecule has 0 bridgehead atoms. The normalized spacial score (nSPS) is 15.6. The summed E-state index contributed by atoms with van der Waals surface area (Å²) in [7, 11) is 0. The molecule has 0 unspecified atom stereocenters. The molecule has 0 radical (unpaired) electrons. The Morgan fingerprint density at radius 1 is 0.944 bits per heavy atom. The average molecular weight is 526 g/mol. The van der Waals surface area contributed by atoms with E-state index in [0.29, 0.717) is 21.4 Å². The van der Waals surface area contributed by atoms with Crippen LogP contribution in [0.15, 0.2) is 77.9 Å². The van der Waals surface area contributed by atoms with Crippen molar-refractivity contribution >= 4 is 40.7 Å². The van der Waals surface area contributed by atoms with Crippen molar-refractivity contribution < 1.29 is 14.3 Å². The molecule has 0 amide bonds. The topological polar surface area (TPSA) is 54.4 Å². The predicted molar refractivity (Wildman–Crippen MR) is 145 cm³/mol. The molecule has 36 heavy (non-hydrogen) atoms. The van der Waals surface area contributed by atoms with Gasteiger partial charge in [-0.05, 0) is 58.0 Å². The van der Waals surface area contributed by atoms with E-state index >= 15 is 0 Å². The van der Waals surface area contributed by atoms with Gasteiger partial charge in [-0.25, -0.2) is 9.80 Å². The van der Waals surface area contributed by atoms with Crippen molar-refractivity contribution in [2.45, 2.75) is 46.0 Å². The van der Waals surface area contributed by atoms with Crippen molar-refractivity contribution in [2.24, 2.45) is 5.10 Å². The molecular weight excluding hydrogens is 497 g/mol. The largest absolute Gasteiger partial charge is 0.488 e. The second-order valence-electron chi connectivity index (χ2n) is 9.27. The van der Waals surface area contributed by atoms with E-state index < -0.39 is 17.7 Å². The van der Waals surface area contributed by atoms with Gasteiger partial charge in [0.05, 0.1) is 12.3 Å². The fourth-order valence-electron chi connectivity index (χ4n) is 4.15. The maximum Gasteiger partial charge on any atom is 0.376 e. The van der Waals surface area contributed by atoms with Gasteiger partial charge in [0.15, 0.2) is 6.17 Å². The van der Waals surface area contributed by atoms with Gasteiger partial charge >= 0.3 is 5.97 Å². The highest BCUT2D eigenvalue weighted by Gasteiger charge is 2.46. The second-order valence-corrected chi connectivity index (χ2v) is 10.1. The zero-order chi connectivity index (χ0) is 25.9. The molecule has 6 nitrogen and oxygen atoms in total. The third-order valence-corrected chi connectivity index (χ3v) is 6.45. The number of amidine groups is 1. The molecule has 0 aliphatic carbocycles. The molecule has 0 fully saturated rings. The van der Waals surface area contributed by atoms with Crippen LogP contribution in [-0.4, -0.2) is 28.9 Å². The van der Waals surface area contributed by atoms with Crippen molar-refractivity contribution in [1.29, 1.82) is 0 Å². The summed E-state index contributed by atoms with van der Waals surface area (Å²) >= 11 is 12.8. The van der Waals surface area contributed by atoms with E-state index in [-0.39, 0.29) is 19.0 Å². The number of ether oxygens (including phenoxy) is 2. The quantitative estimate of drug-likeness (QED) is 0.308. The Kier molecular flexibility index (Phi) is 7.76. The van der Waals surface area contributed by atoms with E-state index in [1.54, 1.807) is 25.1 Å². The molecule has 4 rings (SSSR count). The summed E-state index contributed by atoms with van der Waals surface area (Å²) in [4.78, 5) is 15.0. The minimum Gasteiger partial charge on any atom is -0.488 e. The summed E-state index contributed by atoms with van der Waals surface area (Å²) in [5, 5.41) is 7.69. The van der Waals surface area contributed by atoms with Crippen molar-refractivity contribution in [1.82, 2.24) is 4.90 Å². The first-order valence-corrected chi connectivity index (χ1v) is 12.5. The first-order chi connectivity index (χ1) is 17.2. The lowest BCUT2D eigenvalue weighted by atomic mass is 10.0. The molecule has 0 spiro atoms. The van der Waals surface area contributed by atoms with Gasteiger partial charge in [0.25, 0.3) is 0 Å². The van der Waals surface area contributed by atoms with Crippen LogP contribution in [0.2, 0.25) is 10.0 Å². The Bertz CT molecular complexity index is 1240. The maximum absolute atomic E-state index is 13.0. The number of anilines is 1. The standard InChI is InChI=1S/C28H29Cl2N3O3/c1-5-35-27(34)25-31-33(19-12-7-6-8-13-19)26(32(25)28(2,3)4)20-14-9-10-17-24(20)36-18-21-22(29)15-11-16-23(21)30/h6-17,26H,5,18H2,1-4H3/t26-/m0/s1. The lowest BCUT2D eigenvalue weighted by Crippen LogP contribution is -2.50. The smallest absolute Gasteiger partial charge is 0.376 e. The van der Waals surface area contributed by atoms with Crippen molar-refractivity contribution in [3.05, 3.63) is 94.0 Å². The fourth-order valence-corrected chi connectivity index (χ4v) is 4.65. The summed E-state index contributed by atoms with van der Waals surface area (Å²) in [6.45, 7) is 8.34. The Morgan fingerprint density at radius 2 is 1.58 bits per heavy atom. The molecule has 0 saturated carbocycles. The van der Waals surface area contributed by atoms with Crippen LogP contribution in [0.1, 0.15) is 45.0 Å². The Hall–Kier alpha value is -3.22. The molecule has 3 aromatic rings. The highest BCUT2D eigenvalue weighted by Crippen LogP contribution is 2.43. The fraction of sp³-hybridized carbons (Fsp3) is 0.286.